The lowest BCUT2D eigenvalue weighted by atomic mass is 9.80. The Morgan fingerprint density at radius 1 is 1.36 bits per heavy atom. The lowest BCUT2D eigenvalue weighted by Gasteiger charge is -1.98. The van der Waals surface area contributed by atoms with E-state index in [0.29, 0.717) is 5.46 Å². The fourth-order valence-corrected chi connectivity index (χ4v) is 3.66. The molecule has 2 aromatic rings. The molecule has 0 spiro atoms. The fourth-order valence-electron chi connectivity index (χ4n) is 1.44. The van der Waals surface area contributed by atoms with Gasteiger partial charge in [0.1, 0.15) is 0 Å². The Bertz CT molecular complexity index is 481. The first-order chi connectivity index (χ1) is 6.59. The third-order valence-electron chi connectivity index (χ3n) is 2.09. The lowest BCUT2D eigenvalue weighted by molar-refractivity contribution is 0.426. The van der Waals surface area contributed by atoms with Gasteiger partial charge >= 0.3 is 7.12 Å². The Hall–Kier alpha value is -0.105. The van der Waals surface area contributed by atoms with Crippen LogP contribution in [0.2, 0.25) is 0 Å². The predicted octanol–water partition coefficient (Wildman–Crippen LogP) is 1.49. The van der Waals surface area contributed by atoms with Crippen molar-refractivity contribution in [2.75, 3.05) is 0 Å². The van der Waals surface area contributed by atoms with Gasteiger partial charge in [0, 0.05) is 10.2 Å². The van der Waals surface area contributed by atoms with Crippen LogP contribution in [0, 0.1) is 9.81 Å². The topological polar surface area (TPSA) is 40.5 Å². The molecule has 2 N–H and O–H groups in total. The molecule has 0 saturated carbocycles. The molecule has 0 fully saturated rings. The van der Waals surface area contributed by atoms with Crippen LogP contribution in [0.1, 0.15) is 5.56 Å². The Kier molecular flexibility index (Phi) is 2.83. The van der Waals surface area contributed by atoms with E-state index in [0.717, 1.165) is 18.5 Å². The number of benzene rings is 1. The van der Waals surface area contributed by atoms with Crippen molar-refractivity contribution < 1.29 is 10.0 Å². The molecule has 0 amide bonds. The Morgan fingerprint density at radius 2 is 2.07 bits per heavy atom. The highest BCUT2D eigenvalue weighted by Crippen LogP contribution is 2.25. The molecule has 2 rings (SSSR count). The van der Waals surface area contributed by atoms with E-state index in [-0.39, 0.29) is 0 Å². The number of hydrogen-bond acceptors (Lipinski definition) is 3. The summed E-state index contributed by atoms with van der Waals surface area (Å²) >= 11 is 3.72. The SMILES string of the molecule is Cc1ccc2sc(I)c(B(O)O)c2c1. The summed E-state index contributed by atoms with van der Waals surface area (Å²) in [5, 5.41) is 19.4. The molecule has 1 aromatic carbocycles. The largest absolute Gasteiger partial charge is 0.491 e. The van der Waals surface area contributed by atoms with Gasteiger partial charge < -0.3 is 10.0 Å². The maximum atomic E-state index is 9.24. The second-order valence-electron chi connectivity index (χ2n) is 3.16. The summed E-state index contributed by atoms with van der Waals surface area (Å²) in [7, 11) is -1.38. The molecule has 2 nitrogen and oxygen atoms in total. The van der Waals surface area contributed by atoms with E-state index in [9.17, 15) is 10.0 Å². The first kappa shape index (κ1) is 10.4. The number of hydrogen-bond donors (Lipinski definition) is 2. The molecular weight excluding hydrogens is 310 g/mol. The monoisotopic (exact) mass is 318 g/mol. The summed E-state index contributed by atoms with van der Waals surface area (Å²) < 4.78 is 2.04. The second kappa shape index (κ2) is 3.81. The standard InChI is InChI=1S/C9H8BIO2S/c1-5-2-3-7-6(4-5)8(10(12)13)9(11)14-7/h2-4,12-13H,1H3. The number of halogens is 1. The fraction of sp³-hybridized carbons (Fsp3) is 0.111. The highest BCUT2D eigenvalue weighted by atomic mass is 127. The van der Waals surface area contributed by atoms with Crippen LogP contribution in [-0.2, 0) is 0 Å². The van der Waals surface area contributed by atoms with Crippen LogP contribution in [0.25, 0.3) is 10.1 Å². The number of rotatable bonds is 1. The molecule has 1 heterocycles. The van der Waals surface area contributed by atoms with E-state index in [2.05, 4.69) is 22.6 Å². The quantitative estimate of drug-likeness (QED) is 0.618. The first-order valence-corrected chi connectivity index (χ1v) is 6.04. The van der Waals surface area contributed by atoms with Crippen LogP contribution in [0.15, 0.2) is 18.2 Å². The molecule has 0 radical (unpaired) electrons. The van der Waals surface area contributed by atoms with Crippen LogP contribution in [-0.4, -0.2) is 17.2 Å². The minimum absolute atomic E-state index is 0.634. The van der Waals surface area contributed by atoms with Crippen molar-refractivity contribution in [3.05, 3.63) is 26.6 Å². The number of thiophene rings is 1. The highest BCUT2D eigenvalue weighted by molar-refractivity contribution is 14.1. The van der Waals surface area contributed by atoms with Crippen molar-refractivity contribution in [3.63, 3.8) is 0 Å². The molecular formula is C9H8BIO2S. The van der Waals surface area contributed by atoms with Gasteiger partial charge in [-0.05, 0) is 41.0 Å². The van der Waals surface area contributed by atoms with E-state index in [1.54, 1.807) is 11.3 Å². The molecule has 0 saturated heterocycles. The van der Waals surface area contributed by atoms with Crippen molar-refractivity contribution in [2.24, 2.45) is 0 Å². The first-order valence-electron chi connectivity index (χ1n) is 4.14. The van der Waals surface area contributed by atoms with E-state index >= 15 is 0 Å². The second-order valence-corrected chi connectivity index (χ2v) is 6.03. The Morgan fingerprint density at radius 3 is 2.71 bits per heavy atom. The molecule has 0 unspecified atom stereocenters. The predicted molar refractivity (Wildman–Crippen MR) is 69.1 cm³/mol. The van der Waals surface area contributed by atoms with E-state index < -0.39 is 7.12 Å². The summed E-state index contributed by atoms with van der Waals surface area (Å²) in [5.74, 6) is 0. The molecule has 0 bridgehead atoms. The maximum absolute atomic E-state index is 9.24. The Balaban J connectivity index is 2.79. The molecule has 1 aromatic heterocycles. The number of fused-ring (bicyclic) bond motifs is 1. The van der Waals surface area contributed by atoms with Gasteiger partial charge in [-0.3, -0.25) is 0 Å². The number of aryl methyl sites for hydroxylation is 1. The average molecular weight is 318 g/mol. The summed E-state index contributed by atoms with van der Waals surface area (Å²) in [6.45, 7) is 2.00. The molecule has 14 heavy (non-hydrogen) atoms. The van der Waals surface area contributed by atoms with Crippen molar-refractivity contribution in [1.82, 2.24) is 0 Å². The average Bonchev–Trinajstić information content (AvgIpc) is 2.40. The van der Waals surface area contributed by atoms with Crippen molar-refractivity contribution in [2.45, 2.75) is 6.92 Å². The molecule has 0 aliphatic heterocycles. The Labute approximate surface area is 99.9 Å². The van der Waals surface area contributed by atoms with Crippen molar-refractivity contribution in [3.8, 4) is 0 Å². The minimum atomic E-state index is -1.38. The van der Waals surface area contributed by atoms with E-state index in [4.69, 9.17) is 0 Å². The summed E-state index contributed by atoms with van der Waals surface area (Å²) in [5.41, 5.74) is 1.77. The van der Waals surface area contributed by atoms with Gasteiger partial charge in [0.25, 0.3) is 0 Å². The van der Waals surface area contributed by atoms with E-state index in [1.807, 2.05) is 25.1 Å². The third kappa shape index (κ3) is 1.69. The van der Waals surface area contributed by atoms with Gasteiger partial charge in [-0.15, -0.1) is 11.3 Å². The summed E-state index contributed by atoms with van der Waals surface area (Å²) in [4.78, 5) is 0. The molecule has 5 heteroatoms. The summed E-state index contributed by atoms with van der Waals surface area (Å²) in [6.07, 6.45) is 0. The van der Waals surface area contributed by atoms with Crippen LogP contribution in [0.4, 0.5) is 0 Å². The van der Waals surface area contributed by atoms with Crippen LogP contribution >= 0.6 is 33.9 Å². The summed E-state index contributed by atoms with van der Waals surface area (Å²) in [6, 6.07) is 6.04. The zero-order chi connectivity index (χ0) is 10.3. The van der Waals surface area contributed by atoms with Gasteiger partial charge in [0.2, 0.25) is 0 Å². The normalized spacial score (nSPS) is 10.9. The van der Waals surface area contributed by atoms with Gasteiger partial charge in [0.15, 0.2) is 0 Å². The van der Waals surface area contributed by atoms with E-state index in [1.165, 1.54) is 0 Å². The molecule has 0 aliphatic rings. The lowest BCUT2D eigenvalue weighted by Crippen LogP contribution is -2.31. The zero-order valence-corrected chi connectivity index (χ0v) is 10.5. The smallest absolute Gasteiger partial charge is 0.423 e. The molecule has 72 valence electrons. The van der Waals surface area contributed by atoms with Crippen LogP contribution in [0.5, 0.6) is 0 Å². The van der Waals surface area contributed by atoms with Crippen LogP contribution < -0.4 is 5.46 Å². The van der Waals surface area contributed by atoms with Crippen molar-refractivity contribution in [1.29, 1.82) is 0 Å². The van der Waals surface area contributed by atoms with Gasteiger partial charge in [-0.2, -0.15) is 0 Å². The molecule has 0 atom stereocenters. The van der Waals surface area contributed by atoms with Gasteiger partial charge in [0.05, 0.1) is 2.88 Å². The highest BCUT2D eigenvalue weighted by Gasteiger charge is 2.20. The molecule has 0 aliphatic carbocycles. The maximum Gasteiger partial charge on any atom is 0.491 e. The zero-order valence-electron chi connectivity index (χ0n) is 7.49. The van der Waals surface area contributed by atoms with Crippen molar-refractivity contribution >= 4 is 56.6 Å². The van der Waals surface area contributed by atoms with Gasteiger partial charge in [-0.25, -0.2) is 0 Å². The minimum Gasteiger partial charge on any atom is -0.423 e. The third-order valence-corrected chi connectivity index (χ3v) is 4.31. The van der Waals surface area contributed by atoms with Gasteiger partial charge in [-0.1, -0.05) is 17.7 Å². The van der Waals surface area contributed by atoms with Crippen LogP contribution in [0.3, 0.4) is 0 Å².